The lowest BCUT2D eigenvalue weighted by molar-refractivity contribution is 0.0571. The molecular weight excluding hydrogens is 236 g/mol. The maximum atomic E-state index is 5.99. The number of nitrogens with two attached hydrogens (primary N) is 1. The van der Waals surface area contributed by atoms with Gasteiger partial charge in [-0.25, -0.2) is 0 Å². The van der Waals surface area contributed by atoms with Gasteiger partial charge < -0.3 is 5.73 Å². The molecule has 106 valence electrons. The number of hydrogen-bond acceptors (Lipinski definition) is 4. The van der Waals surface area contributed by atoms with Gasteiger partial charge in [0.25, 0.3) is 0 Å². The van der Waals surface area contributed by atoms with Crippen LogP contribution in [0.3, 0.4) is 0 Å². The van der Waals surface area contributed by atoms with E-state index >= 15 is 0 Å². The molecule has 0 bridgehead atoms. The van der Waals surface area contributed by atoms with Gasteiger partial charge in [-0.3, -0.25) is 14.8 Å². The van der Waals surface area contributed by atoms with Gasteiger partial charge in [-0.1, -0.05) is 13.0 Å². The zero-order chi connectivity index (χ0) is 13.7. The Bertz CT molecular complexity index is 368. The first-order valence-electron chi connectivity index (χ1n) is 7.34. The van der Waals surface area contributed by atoms with Crippen molar-refractivity contribution in [1.29, 1.82) is 0 Å². The molecule has 0 amide bonds. The Hall–Kier alpha value is -0.970. The van der Waals surface area contributed by atoms with Crippen molar-refractivity contribution in [3.05, 3.63) is 30.1 Å². The lowest BCUT2D eigenvalue weighted by Crippen LogP contribution is -2.53. The highest BCUT2D eigenvalue weighted by molar-refractivity contribution is 5.15. The highest BCUT2D eigenvalue weighted by Crippen LogP contribution is 2.22. The molecule has 2 N–H and O–H groups in total. The average Bonchev–Trinajstić information content (AvgIpc) is 2.44. The first kappa shape index (κ1) is 14.4. The van der Waals surface area contributed by atoms with Gasteiger partial charge in [0.1, 0.15) is 0 Å². The Morgan fingerprint density at radius 3 is 2.89 bits per heavy atom. The zero-order valence-corrected chi connectivity index (χ0v) is 12.1. The smallest absolute Gasteiger partial charge is 0.0486 e. The molecule has 1 fully saturated rings. The second kappa shape index (κ2) is 6.98. The third kappa shape index (κ3) is 3.53. The Kier molecular flexibility index (Phi) is 5.31. The van der Waals surface area contributed by atoms with Crippen LogP contribution < -0.4 is 5.73 Å². The minimum absolute atomic E-state index is 0.305. The van der Waals surface area contributed by atoms with Gasteiger partial charge in [0.05, 0.1) is 0 Å². The maximum Gasteiger partial charge on any atom is 0.0486 e. The first-order valence-corrected chi connectivity index (χ1v) is 7.34. The second-order valence-electron chi connectivity index (χ2n) is 5.42. The summed E-state index contributed by atoms with van der Waals surface area (Å²) in [4.78, 5) is 9.30. The number of nitrogens with zero attached hydrogens (tertiary/aromatic N) is 3. The van der Waals surface area contributed by atoms with E-state index in [1.54, 1.807) is 0 Å². The van der Waals surface area contributed by atoms with Crippen LogP contribution in [0.15, 0.2) is 24.5 Å². The zero-order valence-electron chi connectivity index (χ0n) is 12.1. The quantitative estimate of drug-likeness (QED) is 0.873. The normalized spacial score (nSPS) is 23.4. The van der Waals surface area contributed by atoms with Crippen molar-refractivity contribution in [2.24, 2.45) is 5.73 Å². The van der Waals surface area contributed by atoms with Crippen molar-refractivity contribution >= 4 is 0 Å². The maximum absolute atomic E-state index is 5.99. The SMILES string of the molecule is CCCN1CCN(C(CN)c2cccnc2)CC1C. The molecule has 19 heavy (non-hydrogen) atoms. The Balaban J connectivity index is 2.02. The average molecular weight is 262 g/mol. The summed E-state index contributed by atoms with van der Waals surface area (Å²) in [5, 5.41) is 0. The number of aromatic nitrogens is 1. The fraction of sp³-hybridized carbons (Fsp3) is 0.667. The second-order valence-corrected chi connectivity index (χ2v) is 5.42. The topological polar surface area (TPSA) is 45.4 Å². The number of piperazine rings is 1. The van der Waals surface area contributed by atoms with Crippen LogP contribution in [0.2, 0.25) is 0 Å². The van der Waals surface area contributed by atoms with Crippen LogP contribution in [0.1, 0.15) is 31.9 Å². The molecule has 4 nitrogen and oxygen atoms in total. The van der Waals surface area contributed by atoms with E-state index in [0.717, 1.165) is 19.6 Å². The molecule has 2 atom stereocenters. The minimum Gasteiger partial charge on any atom is -0.329 e. The summed E-state index contributed by atoms with van der Waals surface area (Å²) < 4.78 is 0. The summed E-state index contributed by atoms with van der Waals surface area (Å²) in [7, 11) is 0. The van der Waals surface area contributed by atoms with Gasteiger partial charge in [0, 0.05) is 50.7 Å². The van der Waals surface area contributed by atoms with Crippen molar-refractivity contribution in [3.63, 3.8) is 0 Å². The van der Waals surface area contributed by atoms with E-state index in [1.807, 2.05) is 18.5 Å². The van der Waals surface area contributed by atoms with E-state index in [4.69, 9.17) is 5.73 Å². The van der Waals surface area contributed by atoms with Crippen molar-refractivity contribution in [3.8, 4) is 0 Å². The van der Waals surface area contributed by atoms with Crippen LogP contribution in [0.25, 0.3) is 0 Å². The van der Waals surface area contributed by atoms with E-state index in [1.165, 1.54) is 18.5 Å². The highest BCUT2D eigenvalue weighted by Gasteiger charge is 2.28. The molecule has 1 saturated heterocycles. The molecule has 1 aromatic rings. The van der Waals surface area contributed by atoms with Crippen molar-refractivity contribution in [2.45, 2.75) is 32.4 Å². The van der Waals surface area contributed by atoms with E-state index in [0.29, 0.717) is 18.6 Å². The Labute approximate surface area is 116 Å². The molecule has 2 heterocycles. The lowest BCUT2D eigenvalue weighted by Gasteiger charge is -2.43. The van der Waals surface area contributed by atoms with E-state index in [9.17, 15) is 0 Å². The first-order chi connectivity index (χ1) is 9.26. The van der Waals surface area contributed by atoms with Crippen LogP contribution in [0, 0.1) is 0 Å². The lowest BCUT2D eigenvalue weighted by atomic mass is 10.0. The van der Waals surface area contributed by atoms with Gasteiger partial charge in [-0.15, -0.1) is 0 Å². The number of pyridine rings is 1. The third-order valence-electron chi connectivity index (χ3n) is 4.04. The van der Waals surface area contributed by atoms with Crippen LogP contribution in [0.4, 0.5) is 0 Å². The molecule has 0 radical (unpaired) electrons. The Morgan fingerprint density at radius 2 is 2.32 bits per heavy atom. The minimum atomic E-state index is 0.305. The van der Waals surface area contributed by atoms with E-state index in [-0.39, 0.29) is 0 Å². The summed E-state index contributed by atoms with van der Waals surface area (Å²) >= 11 is 0. The van der Waals surface area contributed by atoms with Gasteiger partial charge in [0.15, 0.2) is 0 Å². The van der Waals surface area contributed by atoms with Crippen molar-refractivity contribution < 1.29 is 0 Å². The van der Waals surface area contributed by atoms with Gasteiger partial charge in [-0.05, 0) is 31.5 Å². The molecule has 1 aliphatic heterocycles. The molecule has 0 aromatic carbocycles. The molecule has 1 aliphatic rings. The van der Waals surface area contributed by atoms with Crippen molar-refractivity contribution in [2.75, 3.05) is 32.7 Å². The summed E-state index contributed by atoms with van der Waals surface area (Å²) in [6.45, 7) is 9.76. The standard InChI is InChI=1S/C15H26N4/c1-3-7-18-8-9-19(12-13(18)2)15(10-16)14-5-4-6-17-11-14/h4-6,11,13,15H,3,7-10,12,16H2,1-2H3. The van der Waals surface area contributed by atoms with Crippen LogP contribution in [-0.4, -0.2) is 53.5 Å². The van der Waals surface area contributed by atoms with Crippen molar-refractivity contribution in [1.82, 2.24) is 14.8 Å². The monoisotopic (exact) mass is 262 g/mol. The molecule has 2 unspecified atom stereocenters. The predicted octanol–water partition coefficient (Wildman–Crippen LogP) is 1.50. The number of hydrogen-bond donors (Lipinski definition) is 1. The molecule has 0 aliphatic carbocycles. The summed E-state index contributed by atoms with van der Waals surface area (Å²) in [6.07, 6.45) is 4.99. The predicted molar refractivity (Wildman–Crippen MR) is 78.9 cm³/mol. The largest absolute Gasteiger partial charge is 0.329 e. The third-order valence-corrected chi connectivity index (χ3v) is 4.04. The molecule has 0 spiro atoms. The van der Waals surface area contributed by atoms with Crippen LogP contribution >= 0.6 is 0 Å². The van der Waals surface area contributed by atoms with Gasteiger partial charge in [0.2, 0.25) is 0 Å². The van der Waals surface area contributed by atoms with E-state index in [2.05, 4.69) is 34.7 Å². The molecule has 4 heteroatoms. The summed E-state index contributed by atoms with van der Waals surface area (Å²) in [5.41, 5.74) is 7.23. The van der Waals surface area contributed by atoms with E-state index < -0.39 is 0 Å². The summed E-state index contributed by atoms with van der Waals surface area (Å²) in [5.74, 6) is 0. The molecule has 0 saturated carbocycles. The molecule has 1 aromatic heterocycles. The number of rotatable bonds is 5. The molecular formula is C15H26N4. The van der Waals surface area contributed by atoms with Crippen LogP contribution in [0.5, 0.6) is 0 Å². The fourth-order valence-electron chi connectivity index (χ4n) is 2.99. The fourth-order valence-corrected chi connectivity index (χ4v) is 2.99. The molecule has 2 rings (SSSR count). The summed E-state index contributed by atoms with van der Waals surface area (Å²) in [6, 6.07) is 5.04. The Morgan fingerprint density at radius 1 is 1.47 bits per heavy atom. The van der Waals surface area contributed by atoms with Gasteiger partial charge >= 0.3 is 0 Å². The van der Waals surface area contributed by atoms with Crippen LogP contribution in [-0.2, 0) is 0 Å². The highest BCUT2D eigenvalue weighted by atomic mass is 15.3. The van der Waals surface area contributed by atoms with Gasteiger partial charge in [-0.2, -0.15) is 0 Å².